The van der Waals surface area contributed by atoms with Crippen LogP contribution in [0.2, 0.25) is 0 Å². The highest BCUT2D eigenvalue weighted by Crippen LogP contribution is 2.22. The van der Waals surface area contributed by atoms with E-state index in [0.29, 0.717) is 24.5 Å². The largest absolute Gasteiger partial charge is 0.394 e. The third-order valence-electron chi connectivity index (χ3n) is 5.61. The van der Waals surface area contributed by atoms with Crippen LogP contribution >= 0.6 is 11.3 Å². The van der Waals surface area contributed by atoms with Crippen molar-refractivity contribution >= 4 is 17.2 Å². The average molecular weight is 517 g/mol. The first-order valence-electron chi connectivity index (χ1n) is 11.5. The quantitative estimate of drug-likeness (QED) is 0.215. The number of aliphatic hydroxyl groups excluding tert-OH is 5. The fourth-order valence-electron chi connectivity index (χ4n) is 3.63. The molecule has 0 aromatic carbocycles. The molecule has 0 saturated heterocycles. The Balaban J connectivity index is 1.64. The predicted molar refractivity (Wildman–Crippen MR) is 134 cm³/mol. The summed E-state index contributed by atoms with van der Waals surface area (Å²) in [5.41, 5.74) is 1.84. The molecule has 3 aromatic rings. The van der Waals surface area contributed by atoms with E-state index in [1.807, 2.05) is 42.5 Å². The van der Waals surface area contributed by atoms with Gasteiger partial charge in [0, 0.05) is 50.5 Å². The minimum atomic E-state index is -1.74. The maximum absolute atomic E-state index is 12.9. The summed E-state index contributed by atoms with van der Waals surface area (Å²) >= 11 is 1.33. The first kappa shape index (κ1) is 27.8. The number of pyridine rings is 2. The predicted octanol–water partition coefficient (Wildman–Crippen LogP) is 0.248. The van der Waals surface area contributed by atoms with Crippen molar-refractivity contribution in [3.05, 3.63) is 82.1 Å². The van der Waals surface area contributed by atoms with E-state index in [2.05, 4.69) is 14.9 Å². The first-order chi connectivity index (χ1) is 17.3. The summed E-state index contributed by atoms with van der Waals surface area (Å²) in [6.45, 7) is 0.736. The van der Waals surface area contributed by atoms with Gasteiger partial charge in [0.1, 0.15) is 24.4 Å². The molecule has 0 saturated carbocycles. The Labute approximate surface area is 213 Å². The van der Waals surface area contributed by atoms with Crippen molar-refractivity contribution in [1.29, 1.82) is 0 Å². The van der Waals surface area contributed by atoms with Crippen LogP contribution in [0.5, 0.6) is 0 Å². The van der Waals surface area contributed by atoms with Crippen molar-refractivity contribution in [2.75, 3.05) is 20.2 Å². The number of nitrogens with zero attached hydrogens (tertiary/aromatic N) is 4. The van der Waals surface area contributed by atoms with Gasteiger partial charge in [0.2, 0.25) is 0 Å². The Bertz CT molecular complexity index is 1030. The summed E-state index contributed by atoms with van der Waals surface area (Å²) < 4.78 is 0. The van der Waals surface area contributed by atoms with Gasteiger partial charge in [-0.05, 0) is 36.4 Å². The molecule has 0 spiro atoms. The van der Waals surface area contributed by atoms with Crippen LogP contribution in [-0.4, -0.2) is 95.8 Å². The van der Waals surface area contributed by atoms with Crippen molar-refractivity contribution in [2.45, 2.75) is 44.1 Å². The molecule has 0 radical (unpaired) electrons. The Morgan fingerprint density at radius 2 is 1.44 bits per heavy atom. The number of carbonyl (C=O) groups is 1. The second kappa shape index (κ2) is 13.5. The lowest BCUT2D eigenvalue weighted by atomic mass is 10.0. The first-order valence-corrected chi connectivity index (χ1v) is 12.3. The summed E-state index contributed by atoms with van der Waals surface area (Å²) in [4.78, 5) is 26.6. The SMILES string of the molecule is CN(CC(O)C(O)C(O)C(O)CO)C(=O)c1ccc(CN(Cc2ccccn2)Cc2ccccn2)s1. The maximum Gasteiger partial charge on any atom is 0.263 e. The van der Waals surface area contributed by atoms with E-state index < -0.39 is 31.0 Å². The van der Waals surface area contributed by atoms with Crippen LogP contribution in [0.25, 0.3) is 0 Å². The molecule has 3 rings (SSSR count). The lowest BCUT2D eigenvalue weighted by Crippen LogP contribution is -2.49. The normalized spacial score (nSPS) is 14.9. The fraction of sp³-hybridized carbons (Fsp3) is 0.400. The smallest absolute Gasteiger partial charge is 0.263 e. The van der Waals surface area contributed by atoms with E-state index in [1.54, 1.807) is 18.5 Å². The Morgan fingerprint density at radius 3 is 1.97 bits per heavy atom. The molecule has 194 valence electrons. The molecule has 36 heavy (non-hydrogen) atoms. The highest BCUT2D eigenvalue weighted by molar-refractivity contribution is 7.14. The Kier molecular flexibility index (Phi) is 10.4. The molecule has 1 amide bonds. The summed E-state index contributed by atoms with van der Waals surface area (Å²) in [5.74, 6) is -0.351. The third-order valence-corrected chi connectivity index (χ3v) is 6.67. The molecule has 11 heteroatoms. The van der Waals surface area contributed by atoms with Gasteiger partial charge in [-0.3, -0.25) is 19.7 Å². The van der Waals surface area contributed by atoms with Crippen molar-refractivity contribution in [2.24, 2.45) is 0 Å². The monoisotopic (exact) mass is 516 g/mol. The van der Waals surface area contributed by atoms with Crippen LogP contribution in [0.15, 0.2) is 60.9 Å². The fourth-order valence-corrected chi connectivity index (χ4v) is 4.68. The molecule has 0 aliphatic carbocycles. The number of amides is 1. The van der Waals surface area contributed by atoms with Gasteiger partial charge in [0.25, 0.3) is 5.91 Å². The second-order valence-electron chi connectivity index (χ2n) is 8.54. The van der Waals surface area contributed by atoms with Gasteiger partial charge >= 0.3 is 0 Å². The van der Waals surface area contributed by atoms with E-state index in [-0.39, 0.29) is 12.5 Å². The van der Waals surface area contributed by atoms with Crippen molar-refractivity contribution < 1.29 is 30.3 Å². The van der Waals surface area contributed by atoms with E-state index in [1.165, 1.54) is 23.3 Å². The van der Waals surface area contributed by atoms with Crippen LogP contribution < -0.4 is 0 Å². The van der Waals surface area contributed by atoms with Crippen LogP contribution in [0, 0.1) is 0 Å². The molecule has 4 unspecified atom stereocenters. The molecule has 0 aliphatic heterocycles. The maximum atomic E-state index is 12.9. The van der Waals surface area contributed by atoms with Crippen LogP contribution in [0.4, 0.5) is 0 Å². The van der Waals surface area contributed by atoms with Gasteiger partial charge in [-0.2, -0.15) is 0 Å². The van der Waals surface area contributed by atoms with Crippen molar-refractivity contribution in [3.8, 4) is 0 Å². The number of aromatic nitrogens is 2. The van der Waals surface area contributed by atoms with Crippen molar-refractivity contribution in [3.63, 3.8) is 0 Å². The second-order valence-corrected chi connectivity index (χ2v) is 9.71. The number of aliphatic hydroxyl groups is 5. The zero-order chi connectivity index (χ0) is 26.1. The number of rotatable bonds is 13. The standard InChI is InChI=1S/C25H32N4O6S/c1-28(15-20(31)23(33)24(34)21(32)16-30)25(35)22-9-8-19(36-22)14-29(12-17-6-2-4-10-26-17)13-18-7-3-5-11-27-18/h2-11,20-21,23-24,30-34H,12-16H2,1H3. The van der Waals surface area contributed by atoms with E-state index in [9.17, 15) is 25.2 Å². The summed E-state index contributed by atoms with van der Waals surface area (Å²) in [7, 11) is 1.47. The molecule has 10 nitrogen and oxygen atoms in total. The Hall–Kier alpha value is -2.77. The zero-order valence-corrected chi connectivity index (χ0v) is 20.8. The molecular weight excluding hydrogens is 484 g/mol. The van der Waals surface area contributed by atoms with Gasteiger partial charge in [0.05, 0.1) is 22.9 Å². The van der Waals surface area contributed by atoms with Gasteiger partial charge < -0.3 is 30.4 Å². The molecule has 3 heterocycles. The lowest BCUT2D eigenvalue weighted by Gasteiger charge is -2.28. The number of likely N-dealkylation sites (N-methyl/N-ethyl adjacent to an activating group) is 1. The minimum absolute atomic E-state index is 0.270. The molecule has 0 bridgehead atoms. The summed E-state index contributed by atoms with van der Waals surface area (Å²) in [5, 5.41) is 48.4. The molecule has 0 fully saturated rings. The number of hydrogen-bond acceptors (Lipinski definition) is 10. The summed E-state index contributed by atoms with van der Waals surface area (Å²) in [6.07, 6.45) is -3.08. The van der Waals surface area contributed by atoms with E-state index >= 15 is 0 Å². The average Bonchev–Trinajstić information content (AvgIpc) is 3.36. The third kappa shape index (κ3) is 7.87. The van der Waals surface area contributed by atoms with Gasteiger partial charge in [-0.25, -0.2) is 0 Å². The molecule has 0 aliphatic rings. The van der Waals surface area contributed by atoms with E-state index in [4.69, 9.17) is 5.11 Å². The molecule has 4 atom stereocenters. The number of thiophene rings is 1. The molecule has 3 aromatic heterocycles. The minimum Gasteiger partial charge on any atom is -0.394 e. The molecular formula is C25H32N4O6S. The van der Waals surface area contributed by atoms with Crippen LogP contribution in [0.1, 0.15) is 25.9 Å². The Morgan fingerprint density at radius 1 is 0.861 bits per heavy atom. The van der Waals surface area contributed by atoms with Crippen LogP contribution in [0.3, 0.4) is 0 Å². The topological polar surface area (TPSA) is 150 Å². The van der Waals surface area contributed by atoms with Gasteiger partial charge in [0.15, 0.2) is 0 Å². The summed E-state index contributed by atoms with van der Waals surface area (Å²) in [6, 6.07) is 15.1. The highest BCUT2D eigenvalue weighted by atomic mass is 32.1. The number of carbonyl (C=O) groups excluding carboxylic acids is 1. The van der Waals surface area contributed by atoms with Crippen molar-refractivity contribution in [1.82, 2.24) is 19.8 Å². The highest BCUT2D eigenvalue weighted by Gasteiger charge is 2.31. The van der Waals surface area contributed by atoms with Crippen LogP contribution in [-0.2, 0) is 19.6 Å². The molecule has 5 N–H and O–H groups in total. The lowest BCUT2D eigenvalue weighted by molar-refractivity contribution is -0.117. The zero-order valence-electron chi connectivity index (χ0n) is 20.0. The van der Waals surface area contributed by atoms with Gasteiger partial charge in [-0.15, -0.1) is 11.3 Å². The van der Waals surface area contributed by atoms with E-state index in [0.717, 1.165) is 16.3 Å². The van der Waals surface area contributed by atoms with Gasteiger partial charge in [-0.1, -0.05) is 12.1 Å². The number of hydrogen-bond donors (Lipinski definition) is 5.